The molecule has 0 bridgehead atoms. The lowest BCUT2D eigenvalue weighted by Crippen LogP contribution is -2.23. The Labute approximate surface area is 80.3 Å². The lowest BCUT2D eigenvalue weighted by Gasteiger charge is -2.04. The van der Waals surface area contributed by atoms with Crippen molar-refractivity contribution in [2.45, 2.75) is 11.4 Å². The molecular weight excluding hydrogens is 186 g/mol. The van der Waals surface area contributed by atoms with Crippen LogP contribution in [0.3, 0.4) is 0 Å². The molecule has 2 heterocycles. The van der Waals surface area contributed by atoms with Crippen LogP contribution < -0.4 is 10.9 Å². The van der Waals surface area contributed by atoms with Gasteiger partial charge in [0, 0.05) is 31.5 Å². The Hall–Kier alpha value is -0.810. The van der Waals surface area contributed by atoms with Gasteiger partial charge < -0.3 is 5.32 Å². The molecule has 0 radical (unpaired) electrons. The first-order chi connectivity index (χ1) is 6.29. The van der Waals surface area contributed by atoms with E-state index in [4.69, 9.17) is 0 Å². The van der Waals surface area contributed by atoms with Gasteiger partial charge in [-0.05, 0) is 0 Å². The Kier molecular flexibility index (Phi) is 2.37. The second kappa shape index (κ2) is 3.51. The maximum absolute atomic E-state index is 11.6. The van der Waals surface area contributed by atoms with E-state index in [1.807, 2.05) is 0 Å². The second-order valence-corrected chi connectivity index (χ2v) is 4.06. The fraction of sp³-hybridized carbons (Fsp3) is 0.500. The normalized spacial score (nSPS) is 16.4. The number of aromatic nitrogens is 2. The van der Waals surface area contributed by atoms with Gasteiger partial charge >= 0.3 is 0 Å². The number of hydrogen-bond donors (Lipinski definition) is 1. The SMILES string of the molecule is Cn1ncc2c(c1=O)SCCNC2. The van der Waals surface area contributed by atoms with Crippen LogP contribution in [0, 0.1) is 0 Å². The van der Waals surface area contributed by atoms with E-state index in [1.54, 1.807) is 25.0 Å². The molecule has 0 fully saturated rings. The lowest BCUT2D eigenvalue weighted by atomic mass is 10.3. The van der Waals surface area contributed by atoms with Crippen LogP contribution in [0.15, 0.2) is 15.9 Å². The molecule has 0 aromatic carbocycles. The van der Waals surface area contributed by atoms with E-state index in [0.717, 1.165) is 29.3 Å². The molecule has 0 unspecified atom stereocenters. The number of thioether (sulfide) groups is 1. The van der Waals surface area contributed by atoms with E-state index < -0.39 is 0 Å². The Balaban J connectivity index is 2.54. The minimum Gasteiger partial charge on any atom is -0.312 e. The summed E-state index contributed by atoms with van der Waals surface area (Å²) in [5, 5.41) is 7.23. The van der Waals surface area contributed by atoms with Gasteiger partial charge in [-0.15, -0.1) is 11.8 Å². The van der Waals surface area contributed by atoms with Gasteiger partial charge in [-0.3, -0.25) is 4.79 Å². The third-order valence-electron chi connectivity index (χ3n) is 2.01. The minimum atomic E-state index is 0.0196. The molecule has 2 rings (SSSR count). The molecule has 5 heteroatoms. The molecule has 0 amide bonds. The van der Waals surface area contributed by atoms with Crippen molar-refractivity contribution in [1.82, 2.24) is 15.1 Å². The first-order valence-electron chi connectivity index (χ1n) is 4.18. The number of nitrogens with zero attached hydrogens (tertiary/aromatic N) is 2. The molecule has 0 atom stereocenters. The molecule has 1 aliphatic rings. The van der Waals surface area contributed by atoms with Gasteiger partial charge in [0.15, 0.2) is 0 Å². The number of hydrogen-bond acceptors (Lipinski definition) is 4. The first kappa shape index (κ1) is 8.77. The van der Waals surface area contributed by atoms with Crippen molar-refractivity contribution < 1.29 is 0 Å². The quantitative estimate of drug-likeness (QED) is 0.635. The van der Waals surface area contributed by atoms with E-state index >= 15 is 0 Å². The Morgan fingerprint density at radius 2 is 2.54 bits per heavy atom. The molecule has 70 valence electrons. The van der Waals surface area contributed by atoms with Gasteiger partial charge in [0.25, 0.3) is 5.56 Å². The summed E-state index contributed by atoms with van der Waals surface area (Å²) < 4.78 is 1.39. The molecular formula is C8H11N3OS. The molecule has 0 spiro atoms. The highest BCUT2D eigenvalue weighted by atomic mass is 32.2. The zero-order chi connectivity index (χ0) is 9.26. The van der Waals surface area contributed by atoms with Crippen LogP contribution in [0.2, 0.25) is 0 Å². The number of nitrogens with one attached hydrogen (secondary N) is 1. The third kappa shape index (κ3) is 1.62. The van der Waals surface area contributed by atoms with E-state index in [9.17, 15) is 4.79 Å². The van der Waals surface area contributed by atoms with Gasteiger partial charge in [0.05, 0.1) is 11.1 Å². The van der Waals surface area contributed by atoms with Crippen molar-refractivity contribution in [3.05, 3.63) is 22.1 Å². The zero-order valence-corrected chi connectivity index (χ0v) is 8.23. The van der Waals surface area contributed by atoms with Crippen LogP contribution in [0.1, 0.15) is 5.56 Å². The largest absolute Gasteiger partial charge is 0.312 e. The van der Waals surface area contributed by atoms with Crippen LogP contribution in [0.25, 0.3) is 0 Å². The number of aryl methyl sites for hydroxylation is 1. The van der Waals surface area contributed by atoms with Crippen molar-refractivity contribution in [2.24, 2.45) is 7.05 Å². The second-order valence-electron chi connectivity index (χ2n) is 2.95. The summed E-state index contributed by atoms with van der Waals surface area (Å²) in [6.07, 6.45) is 1.77. The van der Waals surface area contributed by atoms with Crippen molar-refractivity contribution in [2.75, 3.05) is 12.3 Å². The summed E-state index contributed by atoms with van der Waals surface area (Å²) in [7, 11) is 1.68. The topological polar surface area (TPSA) is 46.9 Å². The monoisotopic (exact) mass is 197 g/mol. The van der Waals surface area contributed by atoms with Gasteiger partial charge in [-0.25, -0.2) is 4.68 Å². The van der Waals surface area contributed by atoms with E-state index in [1.165, 1.54) is 4.68 Å². The Morgan fingerprint density at radius 1 is 1.69 bits per heavy atom. The average Bonchev–Trinajstić information content (AvgIpc) is 2.36. The summed E-state index contributed by atoms with van der Waals surface area (Å²) in [5.74, 6) is 0.951. The van der Waals surface area contributed by atoms with Crippen LogP contribution >= 0.6 is 11.8 Å². The van der Waals surface area contributed by atoms with Crippen LogP contribution in [0.5, 0.6) is 0 Å². The van der Waals surface area contributed by atoms with Gasteiger partial charge in [-0.1, -0.05) is 0 Å². The molecule has 1 N–H and O–H groups in total. The highest BCUT2D eigenvalue weighted by Gasteiger charge is 2.12. The predicted molar refractivity (Wildman–Crippen MR) is 51.9 cm³/mol. The van der Waals surface area contributed by atoms with Crippen molar-refractivity contribution in [1.29, 1.82) is 0 Å². The molecule has 1 aromatic rings. The third-order valence-corrected chi connectivity index (χ3v) is 3.14. The lowest BCUT2D eigenvalue weighted by molar-refractivity contribution is 0.658. The number of fused-ring (bicyclic) bond motifs is 1. The van der Waals surface area contributed by atoms with Gasteiger partial charge in [-0.2, -0.15) is 5.10 Å². The Morgan fingerprint density at radius 3 is 3.38 bits per heavy atom. The van der Waals surface area contributed by atoms with E-state index in [-0.39, 0.29) is 5.56 Å². The van der Waals surface area contributed by atoms with Crippen LogP contribution in [-0.4, -0.2) is 22.1 Å². The predicted octanol–water partition coefficient (Wildman–Crippen LogP) is -0.0244. The maximum Gasteiger partial charge on any atom is 0.280 e. The van der Waals surface area contributed by atoms with Crippen molar-refractivity contribution >= 4 is 11.8 Å². The van der Waals surface area contributed by atoms with Crippen LogP contribution in [0.4, 0.5) is 0 Å². The first-order valence-corrected chi connectivity index (χ1v) is 5.16. The molecule has 13 heavy (non-hydrogen) atoms. The summed E-state index contributed by atoms with van der Waals surface area (Å²) >= 11 is 1.61. The summed E-state index contributed by atoms with van der Waals surface area (Å²) in [6.45, 7) is 1.70. The molecule has 0 saturated carbocycles. The summed E-state index contributed by atoms with van der Waals surface area (Å²) in [5.41, 5.74) is 1.04. The maximum atomic E-state index is 11.6. The molecule has 0 aliphatic carbocycles. The zero-order valence-electron chi connectivity index (χ0n) is 7.41. The Bertz CT molecular complexity index is 374. The van der Waals surface area contributed by atoms with Crippen LogP contribution in [-0.2, 0) is 13.6 Å². The van der Waals surface area contributed by atoms with Gasteiger partial charge in [0.2, 0.25) is 0 Å². The molecule has 1 aromatic heterocycles. The van der Waals surface area contributed by atoms with E-state index in [2.05, 4.69) is 10.4 Å². The highest BCUT2D eigenvalue weighted by molar-refractivity contribution is 7.99. The fourth-order valence-corrected chi connectivity index (χ4v) is 2.30. The van der Waals surface area contributed by atoms with Gasteiger partial charge in [0.1, 0.15) is 0 Å². The fourth-order valence-electron chi connectivity index (χ4n) is 1.28. The molecule has 1 aliphatic heterocycles. The number of rotatable bonds is 0. The van der Waals surface area contributed by atoms with E-state index in [0.29, 0.717) is 0 Å². The standard InChI is InChI=1S/C8H11N3OS/c1-11-8(12)7-6(5-10-11)4-9-2-3-13-7/h5,9H,2-4H2,1H3. The summed E-state index contributed by atoms with van der Waals surface area (Å²) in [6, 6.07) is 0. The van der Waals surface area contributed by atoms with Crippen molar-refractivity contribution in [3.8, 4) is 0 Å². The molecule has 4 nitrogen and oxygen atoms in total. The minimum absolute atomic E-state index is 0.0196. The van der Waals surface area contributed by atoms with Crippen molar-refractivity contribution in [3.63, 3.8) is 0 Å². The smallest absolute Gasteiger partial charge is 0.280 e. The average molecular weight is 197 g/mol. The summed E-state index contributed by atoms with van der Waals surface area (Å²) in [4.78, 5) is 12.5. The molecule has 0 saturated heterocycles. The highest BCUT2D eigenvalue weighted by Crippen LogP contribution is 2.19.